The summed E-state index contributed by atoms with van der Waals surface area (Å²) >= 11 is 7.11. The van der Waals surface area contributed by atoms with E-state index in [2.05, 4.69) is 38.6 Å². The minimum atomic E-state index is 0.620. The molecule has 0 atom stereocenters. The molecule has 1 fully saturated rings. The van der Waals surface area contributed by atoms with Gasteiger partial charge < -0.3 is 14.5 Å². The van der Waals surface area contributed by atoms with Gasteiger partial charge in [-0.2, -0.15) is 4.98 Å². The number of benzene rings is 1. The first kappa shape index (κ1) is 18.2. The normalized spacial score (nSPS) is 15.2. The number of hydrogen-bond acceptors (Lipinski definition) is 5. The molecule has 8 heteroatoms. The highest BCUT2D eigenvalue weighted by Crippen LogP contribution is 2.27. The van der Waals surface area contributed by atoms with E-state index >= 15 is 0 Å². The molecule has 0 unspecified atom stereocenters. The Bertz CT molecular complexity index is 926. The Hall–Kier alpha value is -2.16. The smallest absolute Gasteiger partial charge is 0.221 e. The van der Waals surface area contributed by atoms with E-state index in [1.807, 2.05) is 29.8 Å². The molecule has 1 aliphatic rings. The maximum atomic E-state index is 5.79. The highest BCUT2D eigenvalue weighted by atomic mass is 32.1. The van der Waals surface area contributed by atoms with E-state index in [1.54, 1.807) is 11.3 Å². The van der Waals surface area contributed by atoms with Crippen molar-refractivity contribution >= 4 is 29.2 Å². The van der Waals surface area contributed by atoms with E-state index in [1.165, 1.54) is 10.6 Å². The predicted octanol–water partition coefficient (Wildman–Crippen LogP) is 2.43. The molecule has 2 aromatic heterocycles. The molecule has 27 heavy (non-hydrogen) atoms. The third kappa shape index (κ3) is 4.07. The van der Waals surface area contributed by atoms with E-state index < -0.39 is 0 Å². The number of nitrogens with one attached hydrogen (secondary N) is 2. The first-order valence-corrected chi connectivity index (χ1v) is 10.5. The maximum absolute atomic E-state index is 5.79. The number of H-pyrrole nitrogens is 1. The van der Waals surface area contributed by atoms with Gasteiger partial charge in [-0.15, -0.1) is 11.3 Å². The van der Waals surface area contributed by atoms with Gasteiger partial charge in [0, 0.05) is 0 Å². The third-order valence-corrected chi connectivity index (χ3v) is 5.98. The van der Waals surface area contributed by atoms with E-state index in [0.29, 0.717) is 11.4 Å². The van der Waals surface area contributed by atoms with Crippen LogP contribution in [0.3, 0.4) is 0 Å². The number of piperazine rings is 1. The second-order valence-electron chi connectivity index (χ2n) is 6.56. The van der Waals surface area contributed by atoms with Crippen molar-refractivity contribution in [2.75, 3.05) is 37.7 Å². The van der Waals surface area contributed by atoms with Crippen LogP contribution >= 0.6 is 23.6 Å². The van der Waals surface area contributed by atoms with Crippen molar-refractivity contribution in [1.82, 2.24) is 14.8 Å². The van der Waals surface area contributed by atoms with Gasteiger partial charge in [-0.3, -0.25) is 5.10 Å². The molecule has 3 heterocycles. The monoisotopic (exact) mass is 402 g/mol. The zero-order valence-corrected chi connectivity index (χ0v) is 17.0. The average Bonchev–Trinajstić information content (AvgIpc) is 3.34. The van der Waals surface area contributed by atoms with Gasteiger partial charge in [-0.25, -0.2) is 4.68 Å². The number of hydrogen-bond donors (Lipinski definition) is 2. The number of nitrogens with zero attached hydrogens (tertiary/aromatic N) is 3. The molecule has 4 rings (SSSR count). The molecule has 1 saturated heterocycles. The van der Waals surface area contributed by atoms with Crippen LogP contribution in [0.1, 0.15) is 6.92 Å². The van der Waals surface area contributed by atoms with E-state index in [0.717, 1.165) is 49.3 Å². The fourth-order valence-electron chi connectivity index (χ4n) is 3.43. The summed E-state index contributed by atoms with van der Waals surface area (Å²) in [6, 6.07) is 12.4. The van der Waals surface area contributed by atoms with Crippen LogP contribution in [0.4, 0.5) is 5.69 Å². The fraction of sp³-hybridized carbons (Fsp3) is 0.368. The summed E-state index contributed by atoms with van der Waals surface area (Å²) in [5.74, 6) is 1.83. The summed E-state index contributed by atoms with van der Waals surface area (Å²) in [4.78, 5) is 9.54. The lowest BCUT2D eigenvalue weighted by Gasteiger charge is -2.34. The van der Waals surface area contributed by atoms with Gasteiger partial charge >= 0.3 is 0 Å². The molecule has 0 bridgehead atoms. The van der Waals surface area contributed by atoms with Crippen LogP contribution < -0.4 is 14.5 Å². The number of thiophene rings is 1. The van der Waals surface area contributed by atoms with Crippen molar-refractivity contribution in [3.63, 3.8) is 0 Å². The standard InChI is InChI=1S/C19H23N5OS2/c1-2-25-16-7-4-3-6-15(16)23-11-9-22(10-12-23)14-24-19(26)20-18(21-24)17-8-5-13-27-17/h3-8,13H,2,9-12,14H2,1H3,(H,20,21,26)/p+1. The van der Waals surface area contributed by atoms with Gasteiger partial charge in [-0.05, 0) is 42.7 Å². The molecule has 3 aromatic rings. The largest absolute Gasteiger partial charge is 0.492 e. The van der Waals surface area contributed by atoms with Crippen molar-refractivity contribution < 1.29 is 9.64 Å². The third-order valence-electron chi connectivity index (χ3n) is 4.79. The Morgan fingerprint density at radius 3 is 2.78 bits per heavy atom. The van der Waals surface area contributed by atoms with Crippen LogP contribution in [0, 0.1) is 4.77 Å². The van der Waals surface area contributed by atoms with Crippen molar-refractivity contribution in [2.45, 2.75) is 13.6 Å². The van der Waals surface area contributed by atoms with E-state index in [9.17, 15) is 0 Å². The number of rotatable bonds is 6. The van der Waals surface area contributed by atoms with E-state index in [-0.39, 0.29) is 0 Å². The molecule has 6 nitrogen and oxygen atoms in total. The van der Waals surface area contributed by atoms with Crippen molar-refractivity contribution in [1.29, 1.82) is 0 Å². The zero-order chi connectivity index (χ0) is 18.6. The van der Waals surface area contributed by atoms with Crippen LogP contribution in [-0.2, 0) is 6.67 Å². The van der Waals surface area contributed by atoms with Gasteiger partial charge in [0.1, 0.15) is 5.75 Å². The topological polar surface area (TPSA) is 50.5 Å². The summed E-state index contributed by atoms with van der Waals surface area (Å²) < 4.78 is 8.40. The van der Waals surface area contributed by atoms with Crippen LogP contribution in [0.2, 0.25) is 0 Å². The van der Waals surface area contributed by atoms with Gasteiger partial charge in [0.25, 0.3) is 0 Å². The summed E-state index contributed by atoms with van der Waals surface area (Å²) in [6.07, 6.45) is 0. The lowest BCUT2D eigenvalue weighted by atomic mass is 10.2. The molecule has 0 spiro atoms. The van der Waals surface area contributed by atoms with Gasteiger partial charge in [0.2, 0.25) is 4.77 Å². The lowest BCUT2D eigenvalue weighted by Crippen LogP contribution is -3.14. The quantitative estimate of drug-likeness (QED) is 0.622. The molecule has 1 aromatic carbocycles. The lowest BCUT2D eigenvalue weighted by molar-refractivity contribution is -0.924. The summed E-state index contributed by atoms with van der Waals surface area (Å²) in [5, 5.41) is 5.41. The number of quaternary nitrogens is 1. The molecular formula is C19H24N5OS2+. The molecule has 0 saturated carbocycles. The van der Waals surface area contributed by atoms with Crippen LogP contribution in [0.5, 0.6) is 5.75 Å². The Kier molecular flexibility index (Phi) is 5.56. The second kappa shape index (κ2) is 8.24. The number of para-hydroxylation sites is 2. The van der Waals surface area contributed by atoms with Crippen molar-refractivity contribution in [3.05, 3.63) is 46.5 Å². The minimum Gasteiger partial charge on any atom is -0.492 e. The molecule has 0 aliphatic carbocycles. The Balaban J connectivity index is 1.40. The van der Waals surface area contributed by atoms with Crippen LogP contribution in [0.25, 0.3) is 10.7 Å². The van der Waals surface area contributed by atoms with Gasteiger partial charge in [0.15, 0.2) is 12.5 Å². The summed E-state index contributed by atoms with van der Waals surface area (Å²) in [7, 11) is 0. The first-order chi connectivity index (χ1) is 13.2. The SMILES string of the molecule is CCOc1ccccc1N1CC[NH+](Cn2[nH]c(-c3cccs3)nc2=S)CC1. The van der Waals surface area contributed by atoms with Crippen LogP contribution in [0.15, 0.2) is 41.8 Å². The first-order valence-electron chi connectivity index (χ1n) is 9.25. The van der Waals surface area contributed by atoms with Gasteiger partial charge in [-0.1, -0.05) is 18.2 Å². The number of aromatic nitrogens is 3. The molecule has 2 N–H and O–H groups in total. The number of anilines is 1. The maximum Gasteiger partial charge on any atom is 0.221 e. The average molecular weight is 403 g/mol. The van der Waals surface area contributed by atoms with Crippen molar-refractivity contribution in [2.24, 2.45) is 0 Å². The minimum absolute atomic E-state index is 0.620. The van der Waals surface area contributed by atoms with E-state index in [4.69, 9.17) is 17.0 Å². The predicted molar refractivity (Wildman–Crippen MR) is 111 cm³/mol. The molecule has 0 amide bonds. The second-order valence-corrected chi connectivity index (χ2v) is 7.87. The fourth-order valence-corrected chi connectivity index (χ4v) is 4.29. The summed E-state index contributed by atoms with van der Waals surface area (Å²) in [5.41, 5.74) is 1.19. The number of aromatic amines is 1. The highest BCUT2D eigenvalue weighted by Gasteiger charge is 2.23. The molecule has 1 aliphatic heterocycles. The molecule has 142 valence electrons. The molecule has 0 radical (unpaired) electrons. The Morgan fingerprint density at radius 2 is 2.04 bits per heavy atom. The Morgan fingerprint density at radius 1 is 1.22 bits per heavy atom. The van der Waals surface area contributed by atoms with Gasteiger partial charge in [0.05, 0.1) is 43.4 Å². The van der Waals surface area contributed by atoms with Crippen molar-refractivity contribution in [3.8, 4) is 16.5 Å². The highest BCUT2D eigenvalue weighted by molar-refractivity contribution is 7.71. The Labute approximate surface area is 168 Å². The van der Waals surface area contributed by atoms with Crippen LogP contribution in [-0.4, -0.2) is 47.6 Å². The zero-order valence-electron chi connectivity index (χ0n) is 15.4. The summed E-state index contributed by atoms with van der Waals surface area (Å²) in [6.45, 7) is 7.63. The molecular weight excluding hydrogens is 378 g/mol. The number of ether oxygens (including phenoxy) is 1.